The van der Waals surface area contributed by atoms with Crippen LogP contribution in [0.25, 0.3) is 0 Å². The minimum absolute atomic E-state index is 0.0450. The molecule has 0 saturated heterocycles. The van der Waals surface area contributed by atoms with Crippen LogP contribution in [0.5, 0.6) is 0 Å². The molecular formula is C17H20N2O4S. The van der Waals surface area contributed by atoms with Crippen molar-refractivity contribution in [3.05, 3.63) is 65.7 Å². The van der Waals surface area contributed by atoms with E-state index in [9.17, 15) is 18.3 Å². The Labute approximate surface area is 141 Å². The Hall–Kier alpha value is -2.22. The number of benzene rings is 2. The molecule has 0 bridgehead atoms. The predicted molar refractivity (Wildman–Crippen MR) is 91.2 cm³/mol. The van der Waals surface area contributed by atoms with Crippen molar-refractivity contribution in [2.24, 2.45) is 5.73 Å². The maximum absolute atomic E-state index is 12.4. The minimum Gasteiger partial charge on any atom is -0.390 e. The van der Waals surface area contributed by atoms with E-state index in [0.29, 0.717) is 11.1 Å². The van der Waals surface area contributed by atoms with Crippen molar-refractivity contribution in [2.75, 3.05) is 13.1 Å². The fourth-order valence-electron chi connectivity index (χ4n) is 2.09. The lowest BCUT2D eigenvalue weighted by Crippen LogP contribution is -2.36. The molecule has 0 fully saturated rings. The van der Waals surface area contributed by atoms with Crippen LogP contribution in [-0.2, 0) is 15.6 Å². The first-order valence-electron chi connectivity index (χ1n) is 7.45. The molecule has 2 aromatic carbocycles. The van der Waals surface area contributed by atoms with Gasteiger partial charge in [-0.25, -0.2) is 8.42 Å². The quantitative estimate of drug-likeness (QED) is 0.683. The number of hydrogen-bond donors (Lipinski definition) is 3. The summed E-state index contributed by atoms with van der Waals surface area (Å²) >= 11 is 0. The Morgan fingerprint density at radius 1 is 1.08 bits per heavy atom. The van der Waals surface area contributed by atoms with Crippen LogP contribution in [0.1, 0.15) is 15.9 Å². The Morgan fingerprint density at radius 2 is 1.71 bits per heavy atom. The van der Waals surface area contributed by atoms with Crippen LogP contribution in [0.4, 0.5) is 0 Å². The van der Waals surface area contributed by atoms with Gasteiger partial charge in [-0.1, -0.05) is 30.3 Å². The highest BCUT2D eigenvalue weighted by Gasteiger charge is 2.16. The molecule has 6 nitrogen and oxygen atoms in total. The highest BCUT2D eigenvalue weighted by Crippen LogP contribution is 2.17. The third-order valence-corrected chi connectivity index (χ3v) is 5.15. The van der Waals surface area contributed by atoms with Gasteiger partial charge in [0.2, 0.25) is 0 Å². The maximum Gasteiger partial charge on any atom is 0.251 e. The van der Waals surface area contributed by atoms with E-state index in [1.165, 1.54) is 24.3 Å². The average Bonchev–Trinajstić information content (AvgIpc) is 2.60. The number of rotatable bonds is 7. The zero-order valence-electron chi connectivity index (χ0n) is 13.1. The van der Waals surface area contributed by atoms with Crippen molar-refractivity contribution in [1.29, 1.82) is 0 Å². The number of sulfone groups is 1. The molecular weight excluding hydrogens is 328 g/mol. The van der Waals surface area contributed by atoms with E-state index in [0.717, 1.165) is 0 Å². The number of carbonyl (C=O) groups is 1. The van der Waals surface area contributed by atoms with Crippen molar-refractivity contribution in [2.45, 2.75) is 16.8 Å². The van der Waals surface area contributed by atoms with Crippen molar-refractivity contribution >= 4 is 15.7 Å². The van der Waals surface area contributed by atoms with Crippen LogP contribution in [-0.4, -0.2) is 38.6 Å². The Kier molecular flexibility index (Phi) is 6.08. The molecule has 0 saturated carbocycles. The van der Waals surface area contributed by atoms with E-state index in [1.807, 2.05) is 6.07 Å². The minimum atomic E-state index is -3.47. The average molecular weight is 348 g/mol. The number of amides is 1. The number of nitrogens with two attached hydrogens (primary N) is 1. The molecule has 0 spiro atoms. The standard InChI is InChI=1S/C17H20N2O4S/c18-10-15(20)11-19-17(21)14-6-8-16(9-7-14)24(22,23)12-13-4-2-1-3-5-13/h1-9,15,20H,10-12,18H2,(H,19,21). The van der Waals surface area contributed by atoms with Gasteiger partial charge in [-0.3, -0.25) is 4.79 Å². The maximum atomic E-state index is 12.4. The van der Waals surface area contributed by atoms with Gasteiger partial charge in [0.25, 0.3) is 5.91 Å². The summed E-state index contributed by atoms with van der Waals surface area (Å²) in [5.41, 5.74) is 6.28. The van der Waals surface area contributed by atoms with E-state index in [2.05, 4.69) is 5.32 Å². The molecule has 24 heavy (non-hydrogen) atoms. The molecule has 128 valence electrons. The van der Waals surface area contributed by atoms with Crippen molar-refractivity contribution in [3.8, 4) is 0 Å². The van der Waals surface area contributed by atoms with Crippen LogP contribution < -0.4 is 11.1 Å². The van der Waals surface area contributed by atoms with Crippen LogP contribution in [0.3, 0.4) is 0 Å². The largest absolute Gasteiger partial charge is 0.390 e. The van der Waals surface area contributed by atoms with Crippen LogP contribution in [0, 0.1) is 0 Å². The summed E-state index contributed by atoms with van der Waals surface area (Å²) in [4.78, 5) is 12.1. The number of hydrogen-bond acceptors (Lipinski definition) is 5. The number of aliphatic hydroxyl groups is 1. The second-order valence-corrected chi connectivity index (χ2v) is 7.36. The molecule has 7 heteroatoms. The summed E-state index contributed by atoms with van der Waals surface area (Å²) < 4.78 is 24.8. The molecule has 4 N–H and O–H groups in total. The molecule has 0 radical (unpaired) electrons. The van der Waals surface area contributed by atoms with Gasteiger partial charge >= 0.3 is 0 Å². The topological polar surface area (TPSA) is 109 Å². The smallest absolute Gasteiger partial charge is 0.251 e. The van der Waals surface area contributed by atoms with E-state index < -0.39 is 21.8 Å². The van der Waals surface area contributed by atoms with Gasteiger partial charge in [0.15, 0.2) is 9.84 Å². The summed E-state index contributed by atoms with van der Waals surface area (Å²) in [6.45, 7) is 0.0976. The van der Waals surface area contributed by atoms with Gasteiger partial charge in [0.05, 0.1) is 16.8 Å². The fourth-order valence-corrected chi connectivity index (χ4v) is 3.44. The summed E-state index contributed by atoms with van der Waals surface area (Å²) in [5, 5.41) is 11.9. The van der Waals surface area contributed by atoms with Crippen molar-refractivity contribution in [3.63, 3.8) is 0 Å². The highest BCUT2D eigenvalue weighted by molar-refractivity contribution is 7.90. The van der Waals surface area contributed by atoms with Crippen LogP contribution in [0.15, 0.2) is 59.5 Å². The zero-order chi connectivity index (χ0) is 17.6. The zero-order valence-corrected chi connectivity index (χ0v) is 13.9. The van der Waals surface area contributed by atoms with E-state index in [1.54, 1.807) is 24.3 Å². The highest BCUT2D eigenvalue weighted by atomic mass is 32.2. The molecule has 0 aromatic heterocycles. The molecule has 1 amide bonds. The summed E-state index contributed by atoms with van der Waals surface area (Å²) in [6, 6.07) is 14.6. The lowest BCUT2D eigenvalue weighted by molar-refractivity contribution is 0.0920. The van der Waals surface area contributed by atoms with Gasteiger partial charge in [0.1, 0.15) is 0 Å². The Bertz CT molecular complexity index is 774. The van der Waals surface area contributed by atoms with Gasteiger partial charge in [-0.05, 0) is 29.8 Å². The summed E-state index contributed by atoms with van der Waals surface area (Å²) in [6.07, 6.45) is -0.806. The third kappa shape index (κ3) is 4.89. The van der Waals surface area contributed by atoms with Crippen molar-refractivity contribution in [1.82, 2.24) is 5.32 Å². The van der Waals surface area contributed by atoms with Crippen LogP contribution >= 0.6 is 0 Å². The number of aliphatic hydroxyl groups excluding tert-OH is 1. The lowest BCUT2D eigenvalue weighted by Gasteiger charge is -2.10. The second kappa shape index (κ2) is 8.05. The van der Waals surface area contributed by atoms with Gasteiger partial charge < -0.3 is 16.2 Å². The lowest BCUT2D eigenvalue weighted by atomic mass is 10.2. The van der Waals surface area contributed by atoms with E-state index in [-0.39, 0.29) is 23.7 Å². The molecule has 1 unspecified atom stereocenters. The number of nitrogens with one attached hydrogen (secondary N) is 1. The van der Waals surface area contributed by atoms with E-state index in [4.69, 9.17) is 5.73 Å². The number of carbonyl (C=O) groups excluding carboxylic acids is 1. The normalized spacial score (nSPS) is 12.6. The molecule has 2 rings (SSSR count). The predicted octanol–water partition coefficient (Wildman–Crippen LogP) is 0.710. The van der Waals surface area contributed by atoms with Crippen LogP contribution in [0.2, 0.25) is 0 Å². The van der Waals surface area contributed by atoms with Gasteiger partial charge in [-0.2, -0.15) is 0 Å². The molecule has 2 aromatic rings. The summed E-state index contributed by atoms with van der Waals surface area (Å²) in [5.74, 6) is -0.489. The SMILES string of the molecule is NCC(O)CNC(=O)c1ccc(S(=O)(=O)Cc2ccccc2)cc1. The molecule has 1 atom stereocenters. The first kappa shape index (κ1) is 18.1. The second-order valence-electron chi connectivity index (χ2n) is 5.37. The van der Waals surface area contributed by atoms with E-state index >= 15 is 0 Å². The molecule has 0 aliphatic heterocycles. The van der Waals surface area contributed by atoms with Gasteiger partial charge in [-0.15, -0.1) is 0 Å². The first-order valence-corrected chi connectivity index (χ1v) is 9.10. The molecule has 0 heterocycles. The molecule has 0 aliphatic carbocycles. The monoisotopic (exact) mass is 348 g/mol. The first-order chi connectivity index (χ1) is 11.4. The Morgan fingerprint density at radius 3 is 2.29 bits per heavy atom. The van der Waals surface area contributed by atoms with Gasteiger partial charge in [0, 0.05) is 18.7 Å². The molecule has 0 aliphatic rings. The summed E-state index contributed by atoms with van der Waals surface area (Å²) in [7, 11) is -3.47. The Balaban J connectivity index is 2.07. The third-order valence-electron chi connectivity index (χ3n) is 3.45. The fraction of sp³-hybridized carbons (Fsp3) is 0.235. The van der Waals surface area contributed by atoms with Crippen molar-refractivity contribution < 1.29 is 18.3 Å².